The Morgan fingerprint density at radius 2 is 2.00 bits per heavy atom. The van der Waals surface area contributed by atoms with Crippen LogP contribution >= 0.6 is 11.3 Å². The van der Waals surface area contributed by atoms with Gasteiger partial charge in [0.1, 0.15) is 0 Å². The fourth-order valence-corrected chi connectivity index (χ4v) is 4.95. The summed E-state index contributed by atoms with van der Waals surface area (Å²) in [6.07, 6.45) is 11.6. The lowest BCUT2D eigenvalue weighted by atomic mass is 9.98. The number of amides is 2. The van der Waals surface area contributed by atoms with Gasteiger partial charge in [-0.25, -0.2) is 4.98 Å². The Bertz CT molecular complexity index is 1230. The van der Waals surface area contributed by atoms with Gasteiger partial charge in [-0.3, -0.25) is 9.59 Å². The van der Waals surface area contributed by atoms with Gasteiger partial charge in [0, 0.05) is 23.1 Å². The number of ether oxygens (including phenoxy) is 1. The molecule has 0 saturated carbocycles. The maximum absolute atomic E-state index is 12.3. The molecule has 2 aromatic heterocycles. The smallest absolute Gasteiger partial charge is 0.253 e. The number of hydrogen-bond donors (Lipinski definition) is 2. The maximum Gasteiger partial charge on any atom is 0.253 e. The SMILES string of the molecule is CCCC1COC1.C[B]n1ccc(C(=O)NCC(=O)Nc2nc(-c3cccc(/C(=C/CC)CCC)c3)cs2)c1. The van der Waals surface area contributed by atoms with Gasteiger partial charge in [0.05, 0.1) is 31.0 Å². The quantitative estimate of drug-likeness (QED) is 0.253. The maximum atomic E-state index is 12.3. The molecule has 0 atom stereocenters. The Labute approximate surface area is 237 Å². The van der Waals surface area contributed by atoms with Crippen molar-refractivity contribution in [3.8, 4) is 11.3 Å². The first-order chi connectivity index (χ1) is 19.0. The zero-order valence-electron chi connectivity index (χ0n) is 23.5. The van der Waals surface area contributed by atoms with Gasteiger partial charge < -0.3 is 19.8 Å². The molecule has 1 aromatic carbocycles. The summed E-state index contributed by atoms with van der Waals surface area (Å²) in [5, 5.41) is 7.83. The Kier molecular flexibility index (Phi) is 12.5. The number of rotatable bonds is 12. The number of aromatic nitrogens is 2. The van der Waals surface area contributed by atoms with Gasteiger partial charge in [0.2, 0.25) is 13.3 Å². The average molecular weight is 548 g/mol. The number of benzene rings is 1. The summed E-state index contributed by atoms with van der Waals surface area (Å²) < 4.78 is 6.77. The van der Waals surface area contributed by atoms with Gasteiger partial charge in [-0.1, -0.05) is 64.7 Å². The Hall–Kier alpha value is -3.17. The van der Waals surface area contributed by atoms with E-state index >= 15 is 0 Å². The number of nitrogens with zero attached hydrogens (tertiary/aromatic N) is 2. The van der Waals surface area contributed by atoms with Crippen molar-refractivity contribution >= 4 is 41.3 Å². The van der Waals surface area contributed by atoms with E-state index in [1.807, 2.05) is 31.8 Å². The molecule has 207 valence electrons. The summed E-state index contributed by atoms with van der Waals surface area (Å²) in [6.45, 7) is 10.4. The first kappa shape index (κ1) is 30.4. The van der Waals surface area contributed by atoms with Gasteiger partial charge in [0.15, 0.2) is 5.13 Å². The normalized spacial score (nSPS) is 13.2. The standard InChI is InChI=1S/C24H28BN4O2S.C6H12O/c1-4-7-17(8-5-2)18-9-6-10-19(13-18)21-16-32-24(27-21)28-22(30)14-26-23(31)20-11-12-29(15-20)25-3;1-2-3-6-4-7-5-6/h6-7,9-13,15-16H,4-5,8,14H2,1-3H3,(H,26,31)(H,27,28,30);6H,2-5H2,1H3/b17-7+;. The van der Waals surface area contributed by atoms with Gasteiger partial charge in [-0.15, -0.1) is 11.3 Å². The van der Waals surface area contributed by atoms with Crippen LogP contribution in [0.4, 0.5) is 5.13 Å². The third-order valence-corrected chi connectivity index (χ3v) is 7.10. The zero-order chi connectivity index (χ0) is 28.0. The lowest BCUT2D eigenvalue weighted by Crippen LogP contribution is -2.32. The largest absolute Gasteiger partial charge is 0.402 e. The van der Waals surface area contributed by atoms with Gasteiger partial charge >= 0.3 is 0 Å². The van der Waals surface area contributed by atoms with E-state index in [9.17, 15) is 9.59 Å². The minimum atomic E-state index is -0.314. The van der Waals surface area contributed by atoms with Crippen molar-refractivity contribution in [2.45, 2.75) is 59.7 Å². The molecule has 1 fully saturated rings. The molecule has 0 bridgehead atoms. The van der Waals surface area contributed by atoms with E-state index in [0.29, 0.717) is 10.7 Å². The summed E-state index contributed by atoms with van der Waals surface area (Å²) in [4.78, 5) is 29.0. The third kappa shape index (κ3) is 9.51. The molecule has 39 heavy (non-hydrogen) atoms. The number of hydrogen-bond acceptors (Lipinski definition) is 5. The Morgan fingerprint density at radius 3 is 2.62 bits per heavy atom. The van der Waals surface area contributed by atoms with Crippen molar-refractivity contribution in [1.29, 1.82) is 0 Å². The molecule has 7 nitrogen and oxygen atoms in total. The topological polar surface area (TPSA) is 85.2 Å². The second kappa shape index (κ2) is 16.1. The number of carbonyl (C=O) groups is 2. The summed E-state index contributed by atoms with van der Waals surface area (Å²) in [6, 6.07) is 10.1. The van der Waals surface area contributed by atoms with Crippen LogP contribution in [-0.4, -0.2) is 48.4 Å². The van der Waals surface area contributed by atoms with E-state index in [2.05, 4.69) is 54.6 Å². The molecular weight excluding hydrogens is 507 g/mol. The zero-order valence-corrected chi connectivity index (χ0v) is 24.4. The average Bonchev–Trinajstić information content (AvgIpc) is 3.60. The minimum Gasteiger partial charge on any atom is -0.402 e. The Balaban J connectivity index is 0.000000520. The summed E-state index contributed by atoms with van der Waals surface area (Å²) in [7, 11) is 1.84. The summed E-state index contributed by atoms with van der Waals surface area (Å²) >= 11 is 1.37. The number of allylic oxidation sites excluding steroid dienone is 2. The predicted octanol–water partition coefficient (Wildman–Crippen LogP) is 6.52. The molecule has 1 radical (unpaired) electrons. The predicted molar refractivity (Wildman–Crippen MR) is 162 cm³/mol. The minimum absolute atomic E-state index is 0.119. The van der Waals surface area contributed by atoms with E-state index < -0.39 is 0 Å². The molecule has 0 spiro atoms. The van der Waals surface area contributed by atoms with E-state index in [4.69, 9.17) is 4.74 Å². The summed E-state index contributed by atoms with van der Waals surface area (Å²) in [5.74, 6) is 0.302. The summed E-state index contributed by atoms with van der Waals surface area (Å²) in [5.41, 5.74) is 4.90. The van der Waals surface area contributed by atoms with Crippen LogP contribution in [0, 0.1) is 5.92 Å². The van der Waals surface area contributed by atoms with Crippen LogP contribution in [0.3, 0.4) is 0 Å². The molecule has 1 aliphatic heterocycles. The van der Waals surface area contributed by atoms with Gasteiger partial charge in [-0.2, -0.15) is 0 Å². The highest BCUT2D eigenvalue weighted by Crippen LogP contribution is 2.29. The monoisotopic (exact) mass is 547 g/mol. The van der Waals surface area contributed by atoms with Crippen LogP contribution in [0.15, 0.2) is 54.2 Å². The lowest BCUT2D eigenvalue weighted by molar-refractivity contribution is -0.115. The van der Waals surface area contributed by atoms with E-state index in [0.717, 1.165) is 49.7 Å². The molecule has 0 unspecified atom stereocenters. The van der Waals surface area contributed by atoms with Crippen molar-refractivity contribution in [1.82, 2.24) is 14.8 Å². The van der Waals surface area contributed by atoms with E-state index in [-0.39, 0.29) is 18.4 Å². The number of nitrogens with one attached hydrogen (secondary N) is 2. The van der Waals surface area contributed by atoms with Crippen LogP contribution in [0.1, 0.15) is 68.8 Å². The highest BCUT2D eigenvalue weighted by atomic mass is 32.1. The van der Waals surface area contributed by atoms with E-state index in [1.165, 1.54) is 35.3 Å². The molecule has 2 N–H and O–H groups in total. The van der Waals surface area contributed by atoms with Gasteiger partial charge in [0.25, 0.3) is 5.91 Å². The van der Waals surface area contributed by atoms with Crippen molar-refractivity contribution in [3.05, 3.63) is 65.3 Å². The van der Waals surface area contributed by atoms with Crippen molar-refractivity contribution in [2.24, 2.45) is 5.92 Å². The fourth-order valence-electron chi connectivity index (χ4n) is 4.22. The molecule has 1 saturated heterocycles. The second-order valence-electron chi connectivity index (χ2n) is 9.53. The van der Waals surface area contributed by atoms with Crippen LogP contribution in [0.2, 0.25) is 6.82 Å². The van der Waals surface area contributed by atoms with E-state index in [1.54, 1.807) is 22.9 Å². The number of anilines is 1. The van der Waals surface area contributed by atoms with Gasteiger partial charge in [-0.05, 0) is 48.7 Å². The molecule has 9 heteroatoms. The third-order valence-electron chi connectivity index (χ3n) is 6.34. The Morgan fingerprint density at radius 1 is 1.18 bits per heavy atom. The molecule has 3 heterocycles. The lowest BCUT2D eigenvalue weighted by Gasteiger charge is -2.24. The van der Waals surface area contributed by atoms with Crippen LogP contribution < -0.4 is 10.6 Å². The molecule has 3 aromatic rings. The molecule has 0 aliphatic carbocycles. The molecule has 2 amide bonds. The van der Waals surface area contributed by atoms with Crippen molar-refractivity contribution in [3.63, 3.8) is 0 Å². The molecular formula is C30H40BN4O3S. The van der Waals surface area contributed by atoms with Crippen molar-refractivity contribution in [2.75, 3.05) is 25.1 Å². The van der Waals surface area contributed by atoms with Crippen molar-refractivity contribution < 1.29 is 14.3 Å². The number of thiazole rings is 1. The number of carbonyl (C=O) groups excluding carboxylic acids is 2. The van der Waals surface area contributed by atoms with Crippen LogP contribution in [0.5, 0.6) is 0 Å². The fraction of sp³-hybridized carbons (Fsp3) is 0.433. The first-order valence-electron chi connectivity index (χ1n) is 13.8. The first-order valence-corrected chi connectivity index (χ1v) is 14.7. The van der Waals surface area contributed by atoms with Crippen LogP contribution in [0.25, 0.3) is 16.8 Å². The highest BCUT2D eigenvalue weighted by Gasteiger charge is 2.16. The second-order valence-corrected chi connectivity index (χ2v) is 10.4. The molecule has 4 rings (SSSR count). The molecule has 1 aliphatic rings. The van der Waals surface area contributed by atoms with Crippen LogP contribution in [-0.2, 0) is 9.53 Å². The highest BCUT2D eigenvalue weighted by molar-refractivity contribution is 7.14.